The molecule has 0 radical (unpaired) electrons. The molecule has 2 unspecified atom stereocenters. The molecular weight excluding hydrogens is 464 g/mol. The van der Waals surface area contributed by atoms with E-state index >= 15 is 0 Å². The quantitative estimate of drug-likeness (QED) is 0.333. The molecule has 0 bridgehead atoms. The number of ether oxygens (including phenoxy) is 2. The van der Waals surface area contributed by atoms with Crippen LogP contribution in [0.4, 0.5) is 8.78 Å². The monoisotopic (exact) mass is 495 g/mol. The fourth-order valence-corrected chi connectivity index (χ4v) is 4.05. The number of carbonyl (C=O) groups is 2. The first-order valence-electron chi connectivity index (χ1n) is 12.0. The molecule has 0 aromatic heterocycles. The van der Waals surface area contributed by atoms with Crippen molar-refractivity contribution >= 4 is 11.9 Å². The molecule has 0 aliphatic carbocycles. The summed E-state index contributed by atoms with van der Waals surface area (Å²) in [4.78, 5) is 25.0. The SMILES string of the molecule is CCOC(=O)C(C)CC(CCc1ccc(-c2ccccc2)cc1)NC(=O)c1cc(F)c(OC)c(F)c1. The summed E-state index contributed by atoms with van der Waals surface area (Å²) in [5.41, 5.74) is 3.13. The Hall–Kier alpha value is -3.74. The van der Waals surface area contributed by atoms with Gasteiger partial charge in [-0.05, 0) is 55.0 Å². The van der Waals surface area contributed by atoms with E-state index in [0.29, 0.717) is 19.3 Å². The highest BCUT2D eigenvalue weighted by Crippen LogP contribution is 2.24. The lowest BCUT2D eigenvalue weighted by Crippen LogP contribution is -2.38. The number of esters is 1. The predicted octanol–water partition coefficient (Wildman–Crippen LogP) is 5.96. The molecule has 1 amide bonds. The number of methoxy groups -OCH3 is 1. The van der Waals surface area contributed by atoms with Gasteiger partial charge in [0.15, 0.2) is 17.4 Å². The van der Waals surface area contributed by atoms with Crippen molar-refractivity contribution in [2.45, 2.75) is 39.2 Å². The number of nitrogens with one attached hydrogen (secondary N) is 1. The minimum atomic E-state index is -0.961. The molecule has 2 atom stereocenters. The van der Waals surface area contributed by atoms with Crippen LogP contribution in [0.1, 0.15) is 42.6 Å². The van der Waals surface area contributed by atoms with Crippen molar-refractivity contribution in [1.82, 2.24) is 5.32 Å². The minimum absolute atomic E-state index is 0.160. The number of aryl methyl sites for hydroxylation is 1. The van der Waals surface area contributed by atoms with Gasteiger partial charge in [-0.2, -0.15) is 0 Å². The van der Waals surface area contributed by atoms with Crippen LogP contribution in [0.5, 0.6) is 5.75 Å². The number of hydrogen-bond acceptors (Lipinski definition) is 4. The third kappa shape index (κ3) is 7.13. The first kappa shape index (κ1) is 26.9. The van der Waals surface area contributed by atoms with Gasteiger partial charge in [-0.15, -0.1) is 0 Å². The summed E-state index contributed by atoms with van der Waals surface area (Å²) in [6.45, 7) is 3.73. The zero-order valence-electron chi connectivity index (χ0n) is 20.7. The van der Waals surface area contributed by atoms with Crippen LogP contribution in [0, 0.1) is 17.6 Å². The predicted molar refractivity (Wildman–Crippen MR) is 135 cm³/mol. The Morgan fingerprint density at radius 2 is 1.56 bits per heavy atom. The second-order valence-corrected chi connectivity index (χ2v) is 8.63. The van der Waals surface area contributed by atoms with E-state index in [0.717, 1.165) is 35.9 Å². The van der Waals surface area contributed by atoms with Crippen LogP contribution in [0.25, 0.3) is 11.1 Å². The molecule has 7 heteroatoms. The van der Waals surface area contributed by atoms with E-state index in [1.165, 1.54) is 0 Å². The third-order valence-corrected chi connectivity index (χ3v) is 5.97. The van der Waals surface area contributed by atoms with Gasteiger partial charge in [-0.1, -0.05) is 61.5 Å². The van der Waals surface area contributed by atoms with E-state index in [4.69, 9.17) is 4.74 Å². The maximum absolute atomic E-state index is 14.1. The molecule has 1 N–H and O–H groups in total. The summed E-state index contributed by atoms with van der Waals surface area (Å²) in [7, 11) is 1.15. The summed E-state index contributed by atoms with van der Waals surface area (Å²) in [5.74, 6) is -3.91. The van der Waals surface area contributed by atoms with Gasteiger partial charge in [0.2, 0.25) is 0 Å². The molecule has 0 saturated heterocycles. The van der Waals surface area contributed by atoms with Crippen molar-refractivity contribution < 1.29 is 27.8 Å². The van der Waals surface area contributed by atoms with Crippen LogP contribution in [-0.2, 0) is 16.0 Å². The highest BCUT2D eigenvalue weighted by Gasteiger charge is 2.23. The van der Waals surface area contributed by atoms with Gasteiger partial charge in [-0.25, -0.2) is 8.78 Å². The summed E-state index contributed by atoms with van der Waals surface area (Å²) in [6, 6.07) is 19.6. The zero-order chi connectivity index (χ0) is 26.1. The van der Waals surface area contributed by atoms with Crippen LogP contribution in [0.2, 0.25) is 0 Å². The smallest absolute Gasteiger partial charge is 0.308 e. The number of amides is 1. The molecule has 0 heterocycles. The Balaban J connectivity index is 1.72. The fourth-order valence-electron chi connectivity index (χ4n) is 4.05. The van der Waals surface area contributed by atoms with Gasteiger partial charge in [0.05, 0.1) is 19.6 Å². The van der Waals surface area contributed by atoms with Crippen molar-refractivity contribution in [3.63, 3.8) is 0 Å². The average Bonchev–Trinajstić information content (AvgIpc) is 2.88. The molecule has 0 spiro atoms. The fraction of sp³-hybridized carbons (Fsp3) is 0.310. The molecule has 0 aliphatic heterocycles. The van der Waals surface area contributed by atoms with Crippen molar-refractivity contribution in [2.24, 2.45) is 5.92 Å². The Morgan fingerprint density at radius 1 is 0.944 bits per heavy atom. The second kappa shape index (κ2) is 12.8. The molecule has 190 valence electrons. The van der Waals surface area contributed by atoms with E-state index in [-0.39, 0.29) is 18.1 Å². The van der Waals surface area contributed by atoms with Gasteiger partial charge in [0.25, 0.3) is 5.91 Å². The molecule has 0 saturated carbocycles. The van der Waals surface area contributed by atoms with Crippen LogP contribution in [-0.4, -0.2) is 31.6 Å². The molecule has 3 aromatic carbocycles. The van der Waals surface area contributed by atoms with Crippen LogP contribution in [0.3, 0.4) is 0 Å². The molecule has 36 heavy (non-hydrogen) atoms. The zero-order valence-corrected chi connectivity index (χ0v) is 20.7. The van der Waals surface area contributed by atoms with Crippen molar-refractivity contribution in [2.75, 3.05) is 13.7 Å². The molecule has 0 aliphatic rings. The first-order valence-corrected chi connectivity index (χ1v) is 12.0. The molecule has 3 rings (SSSR count). The standard InChI is InChI=1S/C29H31F2NO4/c1-4-36-29(34)19(2)16-24(32-28(33)23-17-25(30)27(35-3)26(31)18-23)15-12-20-10-13-22(14-11-20)21-8-6-5-7-9-21/h5-11,13-14,17-19,24H,4,12,15-16H2,1-3H3,(H,32,33). The van der Waals surface area contributed by atoms with E-state index in [1.807, 2.05) is 54.6 Å². The summed E-state index contributed by atoms with van der Waals surface area (Å²) >= 11 is 0. The number of halogens is 2. The summed E-state index contributed by atoms with van der Waals surface area (Å²) in [5, 5.41) is 2.84. The Morgan fingerprint density at radius 3 is 2.14 bits per heavy atom. The number of carbonyl (C=O) groups excluding carboxylic acids is 2. The van der Waals surface area contributed by atoms with E-state index < -0.39 is 35.3 Å². The van der Waals surface area contributed by atoms with Gasteiger partial charge < -0.3 is 14.8 Å². The van der Waals surface area contributed by atoms with E-state index in [2.05, 4.69) is 10.1 Å². The number of benzene rings is 3. The van der Waals surface area contributed by atoms with Gasteiger partial charge in [-0.3, -0.25) is 9.59 Å². The topological polar surface area (TPSA) is 64.6 Å². The van der Waals surface area contributed by atoms with Crippen molar-refractivity contribution in [1.29, 1.82) is 0 Å². The van der Waals surface area contributed by atoms with E-state index in [1.54, 1.807) is 13.8 Å². The maximum Gasteiger partial charge on any atom is 0.308 e. The lowest BCUT2D eigenvalue weighted by molar-refractivity contribution is -0.147. The lowest BCUT2D eigenvalue weighted by Gasteiger charge is -2.22. The minimum Gasteiger partial charge on any atom is -0.491 e. The van der Waals surface area contributed by atoms with E-state index in [9.17, 15) is 18.4 Å². The Labute approximate surface area is 210 Å². The summed E-state index contributed by atoms with van der Waals surface area (Å²) in [6.07, 6.45) is 1.50. The Bertz CT molecular complexity index is 1140. The number of hydrogen-bond donors (Lipinski definition) is 1. The first-order chi connectivity index (χ1) is 17.3. The molecule has 0 fully saturated rings. The van der Waals surface area contributed by atoms with Gasteiger partial charge >= 0.3 is 5.97 Å². The van der Waals surface area contributed by atoms with Crippen molar-refractivity contribution in [3.05, 3.63) is 89.5 Å². The second-order valence-electron chi connectivity index (χ2n) is 8.63. The van der Waals surface area contributed by atoms with Gasteiger partial charge in [0.1, 0.15) is 0 Å². The van der Waals surface area contributed by atoms with Crippen molar-refractivity contribution in [3.8, 4) is 16.9 Å². The lowest BCUT2D eigenvalue weighted by atomic mass is 9.95. The average molecular weight is 496 g/mol. The van der Waals surface area contributed by atoms with Crippen LogP contribution in [0.15, 0.2) is 66.7 Å². The van der Waals surface area contributed by atoms with Gasteiger partial charge in [0, 0.05) is 11.6 Å². The normalized spacial score (nSPS) is 12.5. The largest absolute Gasteiger partial charge is 0.491 e. The Kier molecular flexibility index (Phi) is 9.56. The summed E-state index contributed by atoms with van der Waals surface area (Å²) < 4.78 is 38.0. The molecule has 5 nitrogen and oxygen atoms in total. The molecular formula is C29H31F2NO4. The third-order valence-electron chi connectivity index (χ3n) is 5.97. The highest BCUT2D eigenvalue weighted by molar-refractivity contribution is 5.94. The molecule has 3 aromatic rings. The van der Waals surface area contributed by atoms with Crippen LogP contribution >= 0.6 is 0 Å². The number of rotatable bonds is 11. The maximum atomic E-state index is 14.1. The van der Waals surface area contributed by atoms with Crippen LogP contribution < -0.4 is 10.1 Å². The highest BCUT2D eigenvalue weighted by atomic mass is 19.1.